The highest BCUT2D eigenvalue weighted by atomic mass is 28.4. The Balaban J connectivity index is 0.000000271. The molecule has 5 nitrogen and oxygen atoms in total. The van der Waals surface area contributed by atoms with Crippen LogP contribution in [0.25, 0.3) is 0 Å². The zero-order valence-electron chi connectivity index (χ0n) is 17.0. The molecule has 3 atom stereocenters. The summed E-state index contributed by atoms with van der Waals surface area (Å²) in [6.45, 7) is 5.63. The zero-order chi connectivity index (χ0) is 18.8. The number of aliphatic hydroxyl groups excluding tert-OH is 1. The fraction of sp³-hybridized carbons (Fsp3) is 1.00. The largest absolute Gasteiger partial charge is 0.396 e. The maximum absolute atomic E-state index is 8.66. The molecule has 0 aromatic heterocycles. The predicted octanol–water partition coefficient (Wildman–Crippen LogP) is 3.81. The zero-order valence-corrected chi connectivity index (χ0v) is 18.0. The van der Waals surface area contributed by atoms with E-state index in [9.17, 15) is 0 Å². The Morgan fingerprint density at radius 3 is 2.32 bits per heavy atom. The molecule has 0 aromatic carbocycles. The molecule has 2 aliphatic heterocycles. The third-order valence-corrected chi connectivity index (χ3v) is 10.3. The van der Waals surface area contributed by atoms with Crippen molar-refractivity contribution in [1.29, 1.82) is 0 Å². The molecule has 0 aromatic rings. The summed E-state index contributed by atoms with van der Waals surface area (Å²) >= 11 is 0. The molecular weight excluding hydrogens is 336 g/mol. The quantitative estimate of drug-likeness (QED) is 0.464. The second-order valence-electron chi connectivity index (χ2n) is 7.29. The number of aliphatic hydroxyl groups is 1. The number of hydrogen-bond donors (Lipinski definition) is 1. The van der Waals surface area contributed by atoms with Crippen LogP contribution >= 0.6 is 0 Å². The molecule has 25 heavy (non-hydrogen) atoms. The highest BCUT2D eigenvalue weighted by molar-refractivity contribution is 6.70. The normalized spacial score (nSPS) is 28.8. The van der Waals surface area contributed by atoms with Crippen LogP contribution in [0.2, 0.25) is 6.04 Å². The molecule has 0 bridgehead atoms. The smallest absolute Gasteiger partial charge is 0.370 e. The van der Waals surface area contributed by atoms with Crippen LogP contribution < -0.4 is 0 Å². The number of methoxy groups -OCH3 is 1. The topological polar surface area (TPSA) is 60.5 Å². The summed E-state index contributed by atoms with van der Waals surface area (Å²) in [6.07, 6.45) is 9.49. The van der Waals surface area contributed by atoms with Gasteiger partial charge in [-0.05, 0) is 37.6 Å². The van der Waals surface area contributed by atoms with Crippen molar-refractivity contribution in [2.45, 2.75) is 82.6 Å². The van der Waals surface area contributed by atoms with E-state index in [1.807, 2.05) is 0 Å². The average Bonchev–Trinajstić information content (AvgIpc) is 3.46. The van der Waals surface area contributed by atoms with Gasteiger partial charge in [0.05, 0.1) is 12.7 Å². The van der Waals surface area contributed by atoms with Crippen molar-refractivity contribution in [3.63, 3.8) is 0 Å². The van der Waals surface area contributed by atoms with Gasteiger partial charge >= 0.3 is 8.56 Å². The van der Waals surface area contributed by atoms with E-state index in [4.69, 9.17) is 23.4 Å². The summed E-state index contributed by atoms with van der Waals surface area (Å²) < 4.78 is 22.5. The van der Waals surface area contributed by atoms with E-state index in [0.717, 1.165) is 44.8 Å². The Labute approximate surface area is 155 Å². The van der Waals surface area contributed by atoms with Gasteiger partial charge in [0.1, 0.15) is 5.22 Å². The average molecular weight is 377 g/mol. The van der Waals surface area contributed by atoms with Crippen molar-refractivity contribution < 1.29 is 23.4 Å². The molecule has 2 saturated heterocycles. The van der Waals surface area contributed by atoms with Gasteiger partial charge in [-0.3, -0.25) is 0 Å². The highest BCUT2D eigenvalue weighted by Crippen LogP contribution is 2.42. The van der Waals surface area contributed by atoms with Crippen LogP contribution in [0.5, 0.6) is 0 Å². The van der Waals surface area contributed by atoms with E-state index in [1.54, 1.807) is 21.3 Å². The van der Waals surface area contributed by atoms with Gasteiger partial charge < -0.3 is 23.4 Å². The van der Waals surface area contributed by atoms with Crippen molar-refractivity contribution in [3.05, 3.63) is 0 Å². The summed E-state index contributed by atoms with van der Waals surface area (Å²) in [6, 6.07) is 1.06. The molecule has 6 heteroatoms. The monoisotopic (exact) mass is 376 g/mol. The molecule has 2 rings (SSSR count). The van der Waals surface area contributed by atoms with Crippen molar-refractivity contribution in [3.8, 4) is 0 Å². The van der Waals surface area contributed by atoms with Gasteiger partial charge in [0.2, 0.25) is 0 Å². The van der Waals surface area contributed by atoms with Gasteiger partial charge in [0.15, 0.2) is 0 Å². The summed E-state index contributed by atoms with van der Waals surface area (Å²) in [5.74, 6) is 0.678. The Morgan fingerprint density at radius 1 is 1.20 bits per heavy atom. The van der Waals surface area contributed by atoms with Gasteiger partial charge in [-0.2, -0.15) is 0 Å². The minimum absolute atomic E-state index is 0.122. The lowest BCUT2D eigenvalue weighted by molar-refractivity contribution is -0.0149. The van der Waals surface area contributed by atoms with Gasteiger partial charge in [-0.25, -0.2) is 0 Å². The first-order valence-electron chi connectivity index (χ1n) is 9.94. The van der Waals surface area contributed by atoms with Crippen LogP contribution in [0.1, 0.15) is 65.2 Å². The molecule has 2 fully saturated rings. The standard InChI is InChI=1S/C11H24O3Si.C8H16O2/c1-5-8-11(12-2)9-6-7-10-15(11,13-3)14-4;1-2-7(3-4-9)5-8-6-10-8/h5-10H2,1-4H3;7-9H,2-6H2,1H3. The molecule has 0 aliphatic carbocycles. The molecule has 3 unspecified atom stereocenters. The molecule has 2 aliphatic rings. The maximum atomic E-state index is 8.66. The van der Waals surface area contributed by atoms with Crippen molar-refractivity contribution >= 4 is 8.56 Å². The third kappa shape index (κ3) is 6.29. The second-order valence-corrected chi connectivity index (χ2v) is 11.0. The maximum Gasteiger partial charge on any atom is 0.370 e. The highest BCUT2D eigenvalue weighted by Gasteiger charge is 2.58. The Kier molecular flexibility index (Phi) is 10.8. The van der Waals surface area contributed by atoms with Crippen LogP contribution in [-0.4, -0.2) is 59.5 Å². The van der Waals surface area contributed by atoms with Crippen LogP contribution in [0.15, 0.2) is 0 Å². The minimum atomic E-state index is -2.15. The number of epoxide rings is 1. The third-order valence-electron chi connectivity index (χ3n) is 5.85. The van der Waals surface area contributed by atoms with Gasteiger partial charge in [0.25, 0.3) is 0 Å². The minimum Gasteiger partial charge on any atom is -0.396 e. The number of rotatable bonds is 10. The second kappa shape index (κ2) is 11.7. The first-order chi connectivity index (χ1) is 12.1. The van der Waals surface area contributed by atoms with Gasteiger partial charge in [0, 0.05) is 27.9 Å². The molecule has 0 radical (unpaired) electrons. The lowest BCUT2D eigenvalue weighted by Crippen LogP contribution is -2.64. The fourth-order valence-electron chi connectivity index (χ4n) is 4.17. The molecule has 0 spiro atoms. The summed E-state index contributed by atoms with van der Waals surface area (Å²) in [7, 11) is 3.22. The predicted molar refractivity (Wildman–Crippen MR) is 103 cm³/mol. The van der Waals surface area contributed by atoms with E-state index in [2.05, 4.69) is 13.8 Å². The first kappa shape index (κ1) is 23.1. The lowest BCUT2D eigenvalue weighted by Gasteiger charge is -2.47. The number of hydrogen-bond acceptors (Lipinski definition) is 5. The molecule has 0 amide bonds. The summed E-state index contributed by atoms with van der Waals surface area (Å²) in [5.41, 5.74) is 0. The molecule has 0 saturated carbocycles. The first-order valence-corrected chi connectivity index (χ1v) is 12.0. The van der Waals surface area contributed by atoms with Gasteiger partial charge in [-0.15, -0.1) is 0 Å². The van der Waals surface area contributed by atoms with E-state index < -0.39 is 8.56 Å². The molecule has 1 N–H and O–H groups in total. The van der Waals surface area contributed by atoms with Crippen LogP contribution in [-0.2, 0) is 18.3 Å². The number of ether oxygens (including phenoxy) is 2. The van der Waals surface area contributed by atoms with E-state index in [1.165, 1.54) is 19.3 Å². The van der Waals surface area contributed by atoms with E-state index >= 15 is 0 Å². The fourth-order valence-corrected chi connectivity index (χ4v) is 8.16. The van der Waals surface area contributed by atoms with E-state index in [0.29, 0.717) is 18.6 Å². The van der Waals surface area contributed by atoms with E-state index in [-0.39, 0.29) is 5.22 Å². The SMILES string of the molecule is CCC(CCO)CC1CO1.CCCC1(OC)CCCC[Si]1(OC)OC. The van der Waals surface area contributed by atoms with Gasteiger partial charge in [-0.1, -0.05) is 39.5 Å². The lowest BCUT2D eigenvalue weighted by atomic mass is 9.97. The Morgan fingerprint density at radius 2 is 1.88 bits per heavy atom. The Bertz CT molecular complexity index is 343. The molecule has 150 valence electrons. The summed E-state index contributed by atoms with van der Waals surface area (Å²) in [4.78, 5) is 0. The van der Waals surface area contributed by atoms with Crippen molar-refractivity contribution in [2.24, 2.45) is 5.92 Å². The van der Waals surface area contributed by atoms with Crippen LogP contribution in [0, 0.1) is 5.92 Å². The van der Waals surface area contributed by atoms with Crippen molar-refractivity contribution in [1.82, 2.24) is 0 Å². The van der Waals surface area contributed by atoms with Crippen LogP contribution in [0.3, 0.4) is 0 Å². The molecule has 2 heterocycles. The van der Waals surface area contributed by atoms with Crippen molar-refractivity contribution in [2.75, 3.05) is 34.5 Å². The molecular formula is C19H40O5Si. The summed E-state index contributed by atoms with van der Waals surface area (Å²) in [5, 5.41) is 8.54. The van der Waals surface area contributed by atoms with Crippen LogP contribution in [0.4, 0.5) is 0 Å². The Hall–Kier alpha value is 0.0169.